The minimum atomic E-state index is -1.06. The van der Waals surface area contributed by atoms with Gasteiger partial charge in [0.05, 0.1) is 11.1 Å². The molecule has 0 aromatic rings. The lowest BCUT2D eigenvalue weighted by Gasteiger charge is -2.37. The second-order valence-electron chi connectivity index (χ2n) is 11.0. The summed E-state index contributed by atoms with van der Waals surface area (Å²) in [6.45, 7) is 16.5. The minimum absolute atomic E-state index is 0.141. The van der Waals surface area contributed by atoms with Crippen LogP contribution in [0.25, 0.3) is 0 Å². The quantitative estimate of drug-likeness (QED) is 0.221. The van der Waals surface area contributed by atoms with Gasteiger partial charge in [0.15, 0.2) is 0 Å². The van der Waals surface area contributed by atoms with Crippen molar-refractivity contribution >= 4 is 11.9 Å². The molecule has 0 amide bonds. The maximum Gasteiger partial charge on any atom is 0.332 e. The van der Waals surface area contributed by atoms with Crippen molar-refractivity contribution in [3.63, 3.8) is 0 Å². The van der Waals surface area contributed by atoms with E-state index < -0.39 is 11.9 Å². The van der Waals surface area contributed by atoms with Gasteiger partial charge in [-0.25, -0.2) is 9.59 Å². The van der Waals surface area contributed by atoms with Crippen LogP contribution in [0.3, 0.4) is 0 Å². The highest BCUT2D eigenvalue weighted by molar-refractivity contribution is 5.99. The van der Waals surface area contributed by atoms with Gasteiger partial charge in [-0.05, 0) is 35.5 Å². The first-order valence-corrected chi connectivity index (χ1v) is 12.0. The maximum absolute atomic E-state index is 12.5. The average molecular weight is 425 g/mol. The van der Waals surface area contributed by atoms with Crippen LogP contribution in [0.2, 0.25) is 0 Å². The van der Waals surface area contributed by atoms with E-state index in [2.05, 4.69) is 13.8 Å². The molecule has 0 aromatic heterocycles. The standard InChI is InChI=1S/C26H48O4/c1-9-11-13-15-17-19(25(3,4)5)21(23(27)28)22(24(29)30)20(26(6,7)8)18-16-14-12-10-2/h19-20H,9-18H2,1-8H3,(H,27,28)(H,29,30). The van der Waals surface area contributed by atoms with Gasteiger partial charge in [-0.2, -0.15) is 0 Å². The predicted molar refractivity (Wildman–Crippen MR) is 126 cm³/mol. The van der Waals surface area contributed by atoms with Gasteiger partial charge < -0.3 is 10.2 Å². The molecule has 0 saturated heterocycles. The van der Waals surface area contributed by atoms with Crippen molar-refractivity contribution in [1.29, 1.82) is 0 Å². The molecule has 0 heterocycles. The number of carboxylic acid groups (broad SMARTS) is 2. The van der Waals surface area contributed by atoms with Gasteiger partial charge in [-0.15, -0.1) is 0 Å². The van der Waals surface area contributed by atoms with Crippen LogP contribution in [-0.4, -0.2) is 22.2 Å². The summed E-state index contributed by atoms with van der Waals surface area (Å²) >= 11 is 0. The van der Waals surface area contributed by atoms with Crippen LogP contribution in [-0.2, 0) is 9.59 Å². The normalized spacial score (nSPS) is 15.5. The predicted octanol–water partition coefficient (Wildman–Crippen LogP) is 7.72. The zero-order chi connectivity index (χ0) is 23.5. The highest BCUT2D eigenvalue weighted by Gasteiger charge is 2.40. The van der Waals surface area contributed by atoms with Crippen LogP contribution in [0.4, 0.5) is 0 Å². The molecule has 4 heteroatoms. The Morgan fingerprint density at radius 3 is 1.10 bits per heavy atom. The van der Waals surface area contributed by atoms with Crippen molar-refractivity contribution in [2.24, 2.45) is 22.7 Å². The fourth-order valence-electron chi connectivity index (χ4n) is 4.48. The molecule has 0 fully saturated rings. The number of aliphatic carboxylic acids is 2. The van der Waals surface area contributed by atoms with E-state index in [9.17, 15) is 19.8 Å². The molecule has 0 aliphatic carbocycles. The molecule has 0 bridgehead atoms. The summed E-state index contributed by atoms with van der Waals surface area (Å²) in [4.78, 5) is 25.0. The zero-order valence-electron chi connectivity index (χ0n) is 20.9. The van der Waals surface area contributed by atoms with Crippen LogP contribution in [0.5, 0.6) is 0 Å². The summed E-state index contributed by atoms with van der Waals surface area (Å²) in [7, 11) is 0. The summed E-state index contributed by atoms with van der Waals surface area (Å²) in [5, 5.41) is 20.5. The van der Waals surface area contributed by atoms with Crippen LogP contribution in [0.1, 0.15) is 120 Å². The first kappa shape index (κ1) is 28.7. The molecular formula is C26H48O4. The summed E-state index contributed by atoms with van der Waals surface area (Å²) < 4.78 is 0. The van der Waals surface area contributed by atoms with Crippen molar-refractivity contribution in [3.8, 4) is 0 Å². The van der Waals surface area contributed by atoms with Crippen molar-refractivity contribution in [1.82, 2.24) is 0 Å². The summed E-state index contributed by atoms with van der Waals surface area (Å²) in [5.74, 6) is -2.69. The van der Waals surface area contributed by atoms with E-state index in [4.69, 9.17) is 0 Å². The van der Waals surface area contributed by atoms with Gasteiger partial charge >= 0.3 is 11.9 Å². The molecule has 2 unspecified atom stereocenters. The molecule has 176 valence electrons. The Labute approximate surface area is 185 Å². The van der Waals surface area contributed by atoms with Crippen molar-refractivity contribution < 1.29 is 19.8 Å². The Bertz CT molecular complexity index is 511. The third kappa shape index (κ3) is 9.66. The maximum atomic E-state index is 12.5. The molecule has 0 rings (SSSR count). The highest BCUT2D eigenvalue weighted by atomic mass is 16.4. The molecule has 30 heavy (non-hydrogen) atoms. The van der Waals surface area contributed by atoms with Crippen molar-refractivity contribution in [2.45, 2.75) is 120 Å². The SMILES string of the molecule is CCCCCCC(C(C(=O)O)=C(C(=O)O)C(CCCCCC)C(C)(C)C)C(C)(C)C. The molecular weight excluding hydrogens is 376 g/mol. The molecule has 0 aliphatic rings. The van der Waals surface area contributed by atoms with Crippen LogP contribution >= 0.6 is 0 Å². The summed E-state index contributed by atoms with van der Waals surface area (Å²) in [6.07, 6.45) is 9.87. The van der Waals surface area contributed by atoms with Crippen LogP contribution < -0.4 is 0 Å². The summed E-state index contributed by atoms with van der Waals surface area (Å²) in [6, 6.07) is 0. The van der Waals surface area contributed by atoms with Gasteiger partial charge in [-0.3, -0.25) is 0 Å². The van der Waals surface area contributed by atoms with E-state index in [0.29, 0.717) is 12.8 Å². The van der Waals surface area contributed by atoms with Gasteiger partial charge in [0.25, 0.3) is 0 Å². The topological polar surface area (TPSA) is 74.6 Å². The fraction of sp³-hybridized carbons (Fsp3) is 0.846. The number of hydrogen-bond acceptors (Lipinski definition) is 2. The third-order valence-corrected chi connectivity index (χ3v) is 6.23. The smallest absolute Gasteiger partial charge is 0.332 e. The number of unbranched alkanes of at least 4 members (excludes halogenated alkanes) is 6. The molecule has 0 spiro atoms. The van der Waals surface area contributed by atoms with Crippen molar-refractivity contribution in [2.75, 3.05) is 0 Å². The third-order valence-electron chi connectivity index (χ3n) is 6.23. The Morgan fingerprint density at radius 1 is 0.600 bits per heavy atom. The Balaban J connectivity index is 6.36. The van der Waals surface area contributed by atoms with Crippen LogP contribution in [0.15, 0.2) is 11.1 Å². The second-order valence-corrected chi connectivity index (χ2v) is 11.0. The number of carboxylic acids is 2. The van der Waals surface area contributed by atoms with Gasteiger partial charge in [0, 0.05) is 0 Å². The molecule has 2 atom stereocenters. The molecule has 0 aromatic carbocycles. The number of hydrogen-bond donors (Lipinski definition) is 2. The van der Waals surface area contributed by atoms with E-state index in [-0.39, 0.29) is 33.8 Å². The van der Waals surface area contributed by atoms with E-state index in [0.717, 1.165) is 51.4 Å². The Kier molecular flexibility index (Phi) is 12.6. The van der Waals surface area contributed by atoms with Crippen LogP contribution in [0, 0.1) is 22.7 Å². The average Bonchev–Trinajstić information content (AvgIpc) is 2.59. The Morgan fingerprint density at radius 2 is 0.900 bits per heavy atom. The van der Waals surface area contributed by atoms with Crippen molar-refractivity contribution in [3.05, 3.63) is 11.1 Å². The van der Waals surface area contributed by atoms with E-state index in [1.54, 1.807) is 0 Å². The first-order valence-electron chi connectivity index (χ1n) is 12.0. The molecule has 4 nitrogen and oxygen atoms in total. The lowest BCUT2D eigenvalue weighted by Crippen LogP contribution is -2.34. The number of rotatable bonds is 14. The van der Waals surface area contributed by atoms with E-state index >= 15 is 0 Å². The molecule has 0 aliphatic heterocycles. The zero-order valence-corrected chi connectivity index (χ0v) is 20.9. The van der Waals surface area contributed by atoms with Gasteiger partial charge in [-0.1, -0.05) is 107 Å². The van der Waals surface area contributed by atoms with Gasteiger partial charge in [0.2, 0.25) is 0 Å². The fourth-order valence-corrected chi connectivity index (χ4v) is 4.48. The lowest BCUT2D eigenvalue weighted by atomic mass is 9.66. The summed E-state index contributed by atoms with van der Waals surface area (Å²) in [5.41, 5.74) is -0.347. The lowest BCUT2D eigenvalue weighted by molar-refractivity contribution is -0.137. The molecule has 2 N–H and O–H groups in total. The van der Waals surface area contributed by atoms with E-state index in [1.165, 1.54) is 0 Å². The molecule has 0 saturated carbocycles. The first-order chi connectivity index (χ1) is 13.8. The Hall–Kier alpha value is -1.32. The van der Waals surface area contributed by atoms with E-state index in [1.807, 2.05) is 41.5 Å². The monoisotopic (exact) mass is 424 g/mol. The largest absolute Gasteiger partial charge is 0.478 e. The number of carbonyl (C=O) groups is 2. The molecule has 0 radical (unpaired) electrons. The highest BCUT2D eigenvalue weighted by Crippen LogP contribution is 2.44. The van der Waals surface area contributed by atoms with Gasteiger partial charge in [0.1, 0.15) is 0 Å². The second kappa shape index (κ2) is 13.2. The minimum Gasteiger partial charge on any atom is -0.478 e.